The van der Waals surface area contributed by atoms with E-state index in [1.165, 1.54) is 0 Å². The average Bonchev–Trinajstić information content (AvgIpc) is 3.13. The molecule has 1 aromatic carbocycles. The van der Waals surface area contributed by atoms with Crippen molar-refractivity contribution in [2.24, 2.45) is 4.99 Å². The molecule has 0 spiro atoms. The van der Waals surface area contributed by atoms with Gasteiger partial charge in [0.15, 0.2) is 5.17 Å². The van der Waals surface area contributed by atoms with E-state index in [2.05, 4.69) is 22.9 Å². The zero-order chi connectivity index (χ0) is 17.4. The Morgan fingerprint density at radius 3 is 2.92 bits per heavy atom. The van der Waals surface area contributed by atoms with E-state index in [-0.39, 0.29) is 12.1 Å². The molecule has 1 fully saturated rings. The predicted molar refractivity (Wildman–Crippen MR) is 104 cm³/mol. The van der Waals surface area contributed by atoms with Crippen molar-refractivity contribution in [1.29, 1.82) is 0 Å². The van der Waals surface area contributed by atoms with Crippen molar-refractivity contribution < 1.29 is 4.74 Å². The number of thioether (sulfide) groups is 1. The minimum atomic E-state index is -0.00906. The van der Waals surface area contributed by atoms with Crippen LogP contribution in [0, 0.1) is 0 Å². The summed E-state index contributed by atoms with van der Waals surface area (Å²) in [5.41, 5.74) is 2.14. The van der Waals surface area contributed by atoms with E-state index in [9.17, 15) is 0 Å². The molecule has 0 N–H and O–H groups in total. The zero-order valence-corrected chi connectivity index (χ0v) is 15.8. The van der Waals surface area contributed by atoms with Crippen LogP contribution >= 0.6 is 23.4 Å². The quantitative estimate of drug-likeness (QED) is 0.776. The molecule has 0 saturated carbocycles. The summed E-state index contributed by atoms with van der Waals surface area (Å²) < 4.78 is 5.58. The molecule has 0 bridgehead atoms. The Morgan fingerprint density at radius 1 is 1.32 bits per heavy atom. The first-order valence-corrected chi connectivity index (χ1v) is 9.77. The van der Waals surface area contributed by atoms with Crippen LogP contribution in [-0.4, -0.2) is 33.5 Å². The largest absolute Gasteiger partial charge is 0.492 e. The average molecular weight is 374 g/mol. The molecular formula is C19H20ClN3OS. The summed E-state index contributed by atoms with van der Waals surface area (Å²) in [6.45, 7) is 5.79. The van der Waals surface area contributed by atoms with Crippen LogP contribution < -0.4 is 4.74 Å². The lowest BCUT2D eigenvalue weighted by molar-refractivity contribution is 0.319. The third kappa shape index (κ3) is 3.11. The number of rotatable bonds is 4. The molecule has 0 radical (unpaired) electrons. The molecule has 1 saturated heterocycles. The van der Waals surface area contributed by atoms with Crippen LogP contribution in [0.4, 0.5) is 0 Å². The van der Waals surface area contributed by atoms with E-state index in [1.807, 2.05) is 55.2 Å². The number of fused-ring (bicyclic) bond motifs is 1. The molecule has 2 aliphatic rings. The van der Waals surface area contributed by atoms with Crippen LogP contribution in [0.3, 0.4) is 0 Å². The second-order valence-electron chi connectivity index (χ2n) is 6.26. The van der Waals surface area contributed by atoms with E-state index in [0.29, 0.717) is 16.9 Å². The van der Waals surface area contributed by atoms with Crippen LogP contribution in [0.5, 0.6) is 5.75 Å². The van der Waals surface area contributed by atoms with Crippen LogP contribution in [0.15, 0.2) is 47.6 Å². The molecular weight excluding hydrogens is 354 g/mol. The van der Waals surface area contributed by atoms with Crippen molar-refractivity contribution in [3.63, 3.8) is 0 Å². The molecule has 6 heteroatoms. The van der Waals surface area contributed by atoms with Crippen molar-refractivity contribution in [3.8, 4) is 5.75 Å². The Morgan fingerprint density at radius 2 is 2.20 bits per heavy atom. The molecule has 3 unspecified atom stereocenters. The second-order valence-corrected chi connectivity index (χ2v) is 8.07. The number of pyridine rings is 1. The van der Waals surface area contributed by atoms with Gasteiger partial charge in [-0.25, -0.2) is 0 Å². The summed E-state index contributed by atoms with van der Waals surface area (Å²) in [5.74, 6) is 0.727. The predicted octanol–water partition coefficient (Wildman–Crippen LogP) is 4.72. The van der Waals surface area contributed by atoms with Crippen molar-refractivity contribution >= 4 is 28.5 Å². The normalized spacial score (nSPS) is 25.0. The number of aliphatic imine (C=N–C) groups is 1. The smallest absolute Gasteiger partial charge is 0.160 e. The number of amidine groups is 1. The minimum absolute atomic E-state index is 0.00906. The summed E-state index contributed by atoms with van der Waals surface area (Å²) >= 11 is 8.29. The molecule has 0 amide bonds. The lowest BCUT2D eigenvalue weighted by Crippen LogP contribution is -2.28. The topological polar surface area (TPSA) is 37.7 Å². The SMILES string of the molecule is CCOc1ccc(C2C(c3ccccn3)N=C3SC(C)CN32)cc1Cl. The molecule has 25 heavy (non-hydrogen) atoms. The number of ether oxygens (including phenoxy) is 1. The fourth-order valence-corrected chi connectivity index (χ4v) is 4.79. The fourth-order valence-electron chi connectivity index (χ4n) is 3.45. The molecule has 2 aromatic rings. The number of nitrogens with zero attached hydrogens (tertiary/aromatic N) is 3. The van der Waals surface area contributed by atoms with Gasteiger partial charge in [-0.2, -0.15) is 0 Å². The molecule has 4 rings (SSSR count). The maximum absolute atomic E-state index is 6.45. The molecule has 4 nitrogen and oxygen atoms in total. The highest BCUT2D eigenvalue weighted by Gasteiger charge is 2.43. The fraction of sp³-hybridized carbons (Fsp3) is 0.368. The van der Waals surface area contributed by atoms with Crippen molar-refractivity contribution in [2.45, 2.75) is 31.2 Å². The van der Waals surface area contributed by atoms with Gasteiger partial charge in [-0.1, -0.05) is 42.4 Å². The molecule has 1 aromatic heterocycles. The van der Waals surface area contributed by atoms with Gasteiger partial charge in [0.2, 0.25) is 0 Å². The third-order valence-electron chi connectivity index (χ3n) is 4.48. The van der Waals surface area contributed by atoms with E-state index in [1.54, 1.807) is 0 Å². The van der Waals surface area contributed by atoms with Gasteiger partial charge in [-0.3, -0.25) is 9.98 Å². The van der Waals surface area contributed by atoms with Gasteiger partial charge < -0.3 is 9.64 Å². The highest BCUT2D eigenvalue weighted by Crippen LogP contribution is 2.48. The minimum Gasteiger partial charge on any atom is -0.492 e. The zero-order valence-electron chi connectivity index (χ0n) is 14.2. The van der Waals surface area contributed by atoms with Gasteiger partial charge in [0.25, 0.3) is 0 Å². The van der Waals surface area contributed by atoms with Crippen molar-refractivity contribution in [2.75, 3.05) is 13.2 Å². The first-order valence-electron chi connectivity index (χ1n) is 8.51. The number of benzene rings is 1. The standard InChI is InChI=1S/C19H20ClN3OS/c1-3-24-16-8-7-13(10-14(16)20)18-17(15-6-4-5-9-21-15)22-19-23(18)11-12(2)25-19/h4-10,12,17-18H,3,11H2,1-2H3. The highest BCUT2D eigenvalue weighted by molar-refractivity contribution is 8.14. The third-order valence-corrected chi connectivity index (χ3v) is 5.88. The van der Waals surface area contributed by atoms with E-state index < -0.39 is 0 Å². The summed E-state index contributed by atoms with van der Waals surface area (Å²) in [4.78, 5) is 11.9. The Labute approximate surface area is 157 Å². The van der Waals surface area contributed by atoms with Crippen molar-refractivity contribution in [1.82, 2.24) is 9.88 Å². The number of hydrogen-bond donors (Lipinski definition) is 0. The van der Waals surface area contributed by atoms with Gasteiger partial charge in [0, 0.05) is 18.0 Å². The van der Waals surface area contributed by atoms with Gasteiger partial charge >= 0.3 is 0 Å². The highest BCUT2D eigenvalue weighted by atomic mass is 35.5. The molecule has 3 atom stereocenters. The Hall–Kier alpha value is -1.72. The maximum Gasteiger partial charge on any atom is 0.160 e. The van der Waals surface area contributed by atoms with Crippen molar-refractivity contribution in [3.05, 3.63) is 58.9 Å². The summed E-state index contributed by atoms with van der Waals surface area (Å²) in [6, 6.07) is 12.2. The van der Waals surface area contributed by atoms with Crippen LogP contribution in [-0.2, 0) is 0 Å². The van der Waals surface area contributed by atoms with Gasteiger partial charge in [0.1, 0.15) is 11.8 Å². The Bertz CT molecular complexity index is 799. The second kappa shape index (κ2) is 6.89. The van der Waals surface area contributed by atoms with E-state index in [4.69, 9.17) is 21.3 Å². The summed E-state index contributed by atoms with van der Waals surface area (Å²) in [7, 11) is 0. The lowest BCUT2D eigenvalue weighted by Gasteiger charge is -2.27. The van der Waals surface area contributed by atoms with Crippen LogP contribution in [0.2, 0.25) is 5.02 Å². The number of hydrogen-bond acceptors (Lipinski definition) is 5. The van der Waals surface area contributed by atoms with Crippen LogP contribution in [0.25, 0.3) is 0 Å². The van der Waals surface area contributed by atoms with Gasteiger partial charge in [0.05, 0.1) is 23.4 Å². The van der Waals surface area contributed by atoms with Crippen LogP contribution in [0.1, 0.15) is 37.2 Å². The van der Waals surface area contributed by atoms with E-state index in [0.717, 1.165) is 28.7 Å². The number of halogens is 1. The van der Waals surface area contributed by atoms with Gasteiger partial charge in [-0.05, 0) is 36.8 Å². The Kier molecular flexibility index (Phi) is 4.61. The Balaban J connectivity index is 1.73. The van der Waals surface area contributed by atoms with Gasteiger partial charge in [-0.15, -0.1) is 0 Å². The van der Waals surface area contributed by atoms with E-state index >= 15 is 0 Å². The first kappa shape index (κ1) is 16.7. The molecule has 2 aliphatic heterocycles. The maximum atomic E-state index is 6.45. The summed E-state index contributed by atoms with van der Waals surface area (Å²) in [6.07, 6.45) is 1.83. The molecule has 3 heterocycles. The first-order chi connectivity index (χ1) is 12.2. The molecule has 0 aliphatic carbocycles. The summed E-state index contributed by atoms with van der Waals surface area (Å²) in [5, 5.41) is 2.30. The molecule has 130 valence electrons. The number of aromatic nitrogens is 1. The lowest BCUT2D eigenvalue weighted by atomic mass is 9.96. The monoisotopic (exact) mass is 373 g/mol.